The maximum atomic E-state index is 12.2. The Kier molecular flexibility index (Phi) is 4.73. The van der Waals surface area contributed by atoms with Crippen LogP contribution in [0, 0.1) is 25.2 Å². The number of carbonyl (C=O) groups excluding carboxylic acids is 1. The Hall–Kier alpha value is -3.24. The first-order valence-electron chi connectivity index (χ1n) is 7.44. The predicted octanol–water partition coefficient (Wildman–Crippen LogP) is 4.07. The lowest BCUT2D eigenvalue weighted by Crippen LogP contribution is -2.13. The van der Waals surface area contributed by atoms with Gasteiger partial charge < -0.3 is 10.1 Å². The lowest BCUT2D eigenvalue weighted by molar-refractivity contribution is 0.102. The minimum absolute atomic E-state index is 0.249. The fourth-order valence-electron chi connectivity index (χ4n) is 2.16. The van der Waals surface area contributed by atoms with Gasteiger partial charge in [0.15, 0.2) is 0 Å². The van der Waals surface area contributed by atoms with Crippen molar-refractivity contribution in [2.24, 2.45) is 0 Å². The Labute approximate surface area is 148 Å². The number of benzene rings is 1. The van der Waals surface area contributed by atoms with E-state index in [1.165, 1.54) is 11.3 Å². The highest BCUT2D eigenvalue weighted by Gasteiger charge is 2.12. The molecule has 0 aliphatic heterocycles. The van der Waals surface area contributed by atoms with Gasteiger partial charge in [-0.05, 0) is 49.7 Å². The minimum Gasteiger partial charge on any atom is -0.438 e. The van der Waals surface area contributed by atoms with Crippen LogP contribution in [0.25, 0.3) is 0 Å². The number of aryl methyl sites for hydroxylation is 2. The summed E-state index contributed by atoms with van der Waals surface area (Å²) in [6.07, 6.45) is 1.56. The standard InChI is InChI=1S/C18H14N4O2S/c1-11-8-14(24-18-13(9-19)4-3-7-20-18)5-6-15(11)22-17(23)16-10-25-12(2)21-16/h3-8,10H,1-2H3,(H,22,23). The summed E-state index contributed by atoms with van der Waals surface area (Å²) in [5.74, 6) is 0.534. The predicted molar refractivity (Wildman–Crippen MR) is 95.0 cm³/mol. The number of carbonyl (C=O) groups is 1. The number of nitriles is 1. The largest absolute Gasteiger partial charge is 0.438 e. The van der Waals surface area contributed by atoms with E-state index in [4.69, 9.17) is 10.00 Å². The van der Waals surface area contributed by atoms with E-state index in [1.807, 2.05) is 19.9 Å². The molecule has 3 aromatic rings. The van der Waals surface area contributed by atoms with Crippen LogP contribution in [0.4, 0.5) is 5.69 Å². The van der Waals surface area contributed by atoms with Crippen LogP contribution >= 0.6 is 11.3 Å². The van der Waals surface area contributed by atoms with Gasteiger partial charge in [0.1, 0.15) is 23.1 Å². The maximum absolute atomic E-state index is 12.2. The van der Waals surface area contributed by atoms with Crippen molar-refractivity contribution < 1.29 is 9.53 Å². The average Bonchev–Trinajstić information content (AvgIpc) is 3.04. The number of pyridine rings is 1. The van der Waals surface area contributed by atoms with E-state index < -0.39 is 0 Å². The number of nitrogens with zero attached hydrogens (tertiary/aromatic N) is 3. The van der Waals surface area contributed by atoms with Crippen LogP contribution in [0.1, 0.15) is 26.6 Å². The highest BCUT2D eigenvalue weighted by atomic mass is 32.1. The zero-order valence-electron chi connectivity index (χ0n) is 13.6. The molecule has 0 bridgehead atoms. The number of rotatable bonds is 4. The number of hydrogen-bond donors (Lipinski definition) is 1. The molecule has 1 aromatic carbocycles. The number of amides is 1. The number of hydrogen-bond acceptors (Lipinski definition) is 6. The number of thiazole rings is 1. The van der Waals surface area contributed by atoms with Gasteiger partial charge in [-0.15, -0.1) is 11.3 Å². The molecule has 0 aliphatic rings. The van der Waals surface area contributed by atoms with E-state index in [0.717, 1.165) is 10.6 Å². The summed E-state index contributed by atoms with van der Waals surface area (Å²) in [6.45, 7) is 3.71. The zero-order valence-corrected chi connectivity index (χ0v) is 14.4. The highest BCUT2D eigenvalue weighted by molar-refractivity contribution is 7.09. The van der Waals surface area contributed by atoms with Crippen LogP contribution < -0.4 is 10.1 Å². The monoisotopic (exact) mass is 350 g/mol. The Morgan fingerprint density at radius 3 is 2.84 bits per heavy atom. The molecule has 0 aliphatic carbocycles. The van der Waals surface area contributed by atoms with E-state index in [0.29, 0.717) is 22.7 Å². The second-order valence-electron chi connectivity index (χ2n) is 5.25. The topological polar surface area (TPSA) is 87.9 Å². The lowest BCUT2D eigenvalue weighted by Gasteiger charge is -2.10. The van der Waals surface area contributed by atoms with Crippen molar-refractivity contribution in [3.05, 3.63) is 63.7 Å². The molecule has 2 aromatic heterocycles. The molecule has 7 heteroatoms. The Morgan fingerprint density at radius 1 is 1.32 bits per heavy atom. The van der Waals surface area contributed by atoms with Gasteiger partial charge in [0, 0.05) is 17.3 Å². The van der Waals surface area contributed by atoms with Crippen molar-refractivity contribution in [1.82, 2.24) is 9.97 Å². The minimum atomic E-state index is -0.252. The Morgan fingerprint density at radius 2 is 2.16 bits per heavy atom. The van der Waals surface area contributed by atoms with Crippen molar-refractivity contribution in [3.63, 3.8) is 0 Å². The fraction of sp³-hybridized carbons (Fsp3) is 0.111. The van der Waals surface area contributed by atoms with Crippen molar-refractivity contribution in [2.75, 3.05) is 5.32 Å². The van der Waals surface area contributed by atoms with E-state index in [9.17, 15) is 4.79 Å². The molecule has 3 rings (SSSR count). The highest BCUT2D eigenvalue weighted by Crippen LogP contribution is 2.27. The molecule has 6 nitrogen and oxygen atoms in total. The molecule has 1 N–H and O–H groups in total. The zero-order chi connectivity index (χ0) is 17.8. The van der Waals surface area contributed by atoms with E-state index in [2.05, 4.69) is 15.3 Å². The normalized spacial score (nSPS) is 10.1. The van der Waals surface area contributed by atoms with E-state index in [-0.39, 0.29) is 11.8 Å². The second kappa shape index (κ2) is 7.11. The average molecular weight is 350 g/mol. The third-order valence-electron chi connectivity index (χ3n) is 3.40. The number of aromatic nitrogens is 2. The van der Waals surface area contributed by atoms with Crippen molar-refractivity contribution in [2.45, 2.75) is 13.8 Å². The van der Waals surface area contributed by atoms with Crippen molar-refractivity contribution >= 4 is 22.9 Å². The summed E-state index contributed by atoms with van der Waals surface area (Å²) >= 11 is 1.43. The van der Waals surface area contributed by atoms with Gasteiger partial charge in [-0.3, -0.25) is 4.79 Å². The van der Waals surface area contributed by atoms with Gasteiger partial charge in [-0.2, -0.15) is 5.26 Å². The molecule has 1 amide bonds. The van der Waals surface area contributed by atoms with Crippen LogP contribution in [0.5, 0.6) is 11.6 Å². The summed E-state index contributed by atoms with van der Waals surface area (Å²) in [5, 5.41) is 14.5. The van der Waals surface area contributed by atoms with Crippen molar-refractivity contribution in [3.8, 4) is 17.7 Å². The van der Waals surface area contributed by atoms with Crippen LogP contribution in [0.3, 0.4) is 0 Å². The SMILES string of the molecule is Cc1nc(C(=O)Nc2ccc(Oc3ncccc3C#N)cc2C)cs1. The molecule has 0 spiro atoms. The summed E-state index contributed by atoms with van der Waals surface area (Å²) in [5.41, 5.74) is 2.25. The van der Waals surface area contributed by atoms with Crippen molar-refractivity contribution in [1.29, 1.82) is 5.26 Å². The van der Waals surface area contributed by atoms with Gasteiger partial charge >= 0.3 is 0 Å². The first-order chi connectivity index (χ1) is 12.1. The van der Waals surface area contributed by atoms with Crippen LogP contribution in [0.2, 0.25) is 0 Å². The van der Waals surface area contributed by atoms with Crippen LogP contribution in [0.15, 0.2) is 41.9 Å². The van der Waals surface area contributed by atoms with Gasteiger partial charge in [0.2, 0.25) is 5.88 Å². The molecule has 0 unspecified atom stereocenters. The molecular formula is C18H14N4O2S. The van der Waals surface area contributed by atoms with Gasteiger partial charge in [-0.1, -0.05) is 0 Å². The third kappa shape index (κ3) is 3.82. The molecule has 0 saturated heterocycles. The second-order valence-corrected chi connectivity index (χ2v) is 6.31. The molecule has 2 heterocycles. The quantitative estimate of drug-likeness (QED) is 0.766. The number of nitrogens with one attached hydrogen (secondary N) is 1. The fourth-order valence-corrected chi connectivity index (χ4v) is 2.76. The summed E-state index contributed by atoms with van der Waals surface area (Å²) in [6, 6.07) is 10.6. The summed E-state index contributed by atoms with van der Waals surface area (Å²) < 4.78 is 5.67. The van der Waals surface area contributed by atoms with E-state index >= 15 is 0 Å². The van der Waals surface area contributed by atoms with Gasteiger partial charge in [0.25, 0.3) is 5.91 Å². The molecule has 124 valence electrons. The first-order valence-corrected chi connectivity index (χ1v) is 8.32. The third-order valence-corrected chi connectivity index (χ3v) is 4.18. The molecule has 25 heavy (non-hydrogen) atoms. The van der Waals surface area contributed by atoms with Crippen LogP contribution in [-0.4, -0.2) is 15.9 Å². The van der Waals surface area contributed by atoms with Gasteiger partial charge in [0.05, 0.1) is 5.01 Å². The maximum Gasteiger partial charge on any atom is 0.275 e. The lowest BCUT2D eigenvalue weighted by atomic mass is 10.2. The summed E-state index contributed by atoms with van der Waals surface area (Å²) in [4.78, 5) is 20.4. The molecule has 0 saturated carbocycles. The molecule has 0 fully saturated rings. The number of anilines is 1. The molecule has 0 atom stereocenters. The molecular weight excluding hydrogens is 336 g/mol. The first kappa shape index (κ1) is 16.6. The summed E-state index contributed by atoms with van der Waals surface area (Å²) in [7, 11) is 0. The van der Waals surface area contributed by atoms with Gasteiger partial charge in [-0.25, -0.2) is 9.97 Å². The smallest absolute Gasteiger partial charge is 0.275 e. The number of ether oxygens (including phenoxy) is 1. The molecule has 0 radical (unpaired) electrons. The Bertz CT molecular complexity index is 975. The van der Waals surface area contributed by atoms with Crippen LogP contribution in [-0.2, 0) is 0 Å². The Balaban J connectivity index is 1.77. The van der Waals surface area contributed by atoms with E-state index in [1.54, 1.807) is 41.9 Å².